The SMILES string of the molecule is Cc1ccc(CN2CCN(Cc3nc4sc5c(c4c(=O)[nH]3)CCCC5)CC2)cc1. The van der Waals surface area contributed by atoms with Crippen LogP contribution in [0.3, 0.4) is 0 Å². The number of piperazine rings is 1. The molecule has 0 amide bonds. The Morgan fingerprint density at radius 1 is 1.00 bits per heavy atom. The third-order valence-electron chi connectivity index (χ3n) is 6.24. The summed E-state index contributed by atoms with van der Waals surface area (Å²) in [7, 11) is 0. The first kappa shape index (κ1) is 19.0. The van der Waals surface area contributed by atoms with Crippen LogP contribution in [0.2, 0.25) is 0 Å². The van der Waals surface area contributed by atoms with Gasteiger partial charge < -0.3 is 4.98 Å². The van der Waals surface area contributed by atoms with Gasteiger partial charge in [-0.2, -0.15) is 0 Å². The Morgan fingerprint density at radius 3 is 2.45 bits per heavy atom. The highest BCUT2D eigenvalue weighted by molar-refractivity contribution is 7.18. The minimum absolute atomic E-state index is 0.0578. The van der Waals surface area contributed by atoms with Crippen molar-refractivity contribution in [1.29, 1.82) is 0 Å². The molecule has 2 aliphatic rings. The quantitative estimate of drug-likeness (QED) is 0.718. The molecule has 0 saturated carbocycles. The molecular formula is C23H28N4OS. The molecule has 0 atom stereocenters. The smallest absolute Gasteiger partial charge is 0.259 e. The van der Waals surface area contributed by atoms with E-state index >= 15 is 0 Å². The summed E-state index contributed by atoms with van der Waals surface area (Å²) in [5.74, 6) is 0.813. The topological polar surface area (TPSA) is 52.2 Å². The monoisotopic (exact) mass is 408 g/mol. The average molecular weight is 409 g/mol. The van der Waals surface area contributed by atoms with Crippen LogP contribution < -0.4 is 5.56 Å². The minimum atomic E-state index is 0.0578. The largest absolute Gasteiger partial charge is 0.309 e. The molecule has 5 nitrogen and oxygen atoms in total. The molecule has 0 spiro atoms. The van der Waals surface area contributed by atoms with Gasteiger partial charge in [-0.25, -0.2) is 4.98 Å². The van der Waals surface area contributed by atoms with Crippen molar-refractivity contribution in [2.75, 3.05) is 26.2 Å². The Labute approximate surface area is 175 Å². The molecule has 1 fully saturated rings. The first-order chi connectivity index (χ1) is 14.2. The molecule has 29 heavy (non-hydrogen) atoms. The van der Waals surface area contributed by atoms with Crippen LogP contribution in [0.15, 0.2) is 29.1 Å². The molecular weight excluding hydrogens is 380 g/mol. The van der Waals surface area contributed by atoms with Gasteiger partial charge in [-0.3, -0.25) is 14.6 Å². The van der Waals surface area contributed by atoms with Crippen LogP contribution in [0.5, 0.6) is 0 Å². The number of nitrogens with zero attached hydrogens (tertiary/aromatic N) is 3. The second kappa shape index (κ2) is 8.01. The lowest BCUT2D eigenvalue weighted by atomic mass is 9.97. The van der Waals surface area contributed by atoms with Gasteiger partial charge in [-0.15, -0.1) is 11.3 Å². The summed E-state index contributed by atoms with van der Waals surface area (Å²) in [6.45, 7) is 7.98. The predicted octanol–water partition coefficient (Wildman–Crippen LogP) is 3.49. The molecule has 0 radical (unpaired) electrons. The normalized spacial score (nSPS) is 18.2. The van der Waals surface area contributed by atoms with Gasteiger partial charge in [0.15, 0.2) is 0 Å². The van der Waals surface area contributed by atoms with Crippen LogP contribution in [0.4, 0.5) is 0 Å². The molecule has 6 heteroatoms. The maximum Gasteiger partial charge on any atom is 0.259 e. The Hall–Kier alpha value is -2.02. The Bertz CT molecular complexity index is 1060. The number of aromatic nitrogens is 2. The van der Waals surface area contributed by atoms with E-state index < -0.39 is 0 Å². The van der Waals surface area contributed by atoms with Crippen molar-refractivity contribution in [1.82, 2.24) is 19.8 Å². The highest BCUT2D eigenvalue weighted by atomic mass is 32.1. The Kier molecular flexibility index (Phi) is 5.24. The fraction of sp³-hybridized carbons (Fsp3) is 0.478. The predicted molar refractivity (Wildman–Crippen MR) is 119 cm³/mol. The van der Waals surface area contributed by atoms with Gasteiger partial charge in [0.25, 0.3) is 5.56 Å². The van der Waals surface area contributed by atoms with E-state index in [0.29, 0.717) is 0 Å². The van der Waals surface area contributed by atoms with Gasteiger partial charge >= 0.3 is 0 Å². The van der Waals surface area contributed by atoms with E-state index in [-0.39, 0.29) is 5.56 Å². The lowest BCUT2D eigenvalue weighted by Gasteiger charge is -2.34. The summed E-state index contributed by atoms with van der Waals surface area (Å²) >= 11 is 1.73. The summed E-state index contributed by atoms with van der Waals surface area (Å²) in [4.78, 5) is 27.9. The molecule has 2 aromatic heterocycles. The van der Waals surface area contributed by atoms with Gasteiger partial charge in [0, 0.05) is 37.6 Å². The van der Waals surface area contributed by atoms with Gasteiger partial charge in [0.2, 0.25) is 0 Å². The average Bonchev–Trinajstić information content (AvgIpc) is 3.10. The maximum absolute atomic E-state index is 12.7. The molecule has 1 saturated heterocycles. The summed E-state index contributed by atoms with van der Waals surface area (Å²) < 4.78 is 0. The van der Waals surface area contributed by atoms with E-state index in [1.54, 1.807) is 11.3 Å². The van der Waals surface area contributed by atoms with Gasteiger partial charge in [-0.1, -0.05) is 29.8 Å². The van der Waals surface area contributed by atoms with E-state index in [2.05, 4.69) is 46.0 Å². The first-order valence-corrected chi connectivity index (χ1v) is 11.5. The van der Waals surface area contributed by atoms with Crippen molar-refractivity contribution in [3.05, 3.63) is 62.0 Å². The molecule has 1 N–H and O–H groups in total. The molecule has 0 unspecified atom stereocenters. The third kappa shape index (κ3) is 4.02. The van der Waals surface area contributed by atoms with Crippen molar-refractivity contribution in [2.24, 2.45) is 0 Å². The molecule has 3 aromatic rings. The van der Waals surface area contributed by atoms with Crippen molar-refractivity contribution in [2.45, 2.75) is 45.7 Å². The number of thiophene rings is 1. The second-order valence-electron chi connectivity index (χ2n) is 8.44. The fourth-order valence-corrected chi connectivity index (χ4v) is 5.83. The molecule has 1 aliphatic carbocycles. The summed E-state index contributed by atoms with van der Waals surface area (Å²) in [6, 6.07) is 8.83. The fourth-order valence-electron chi connectivity index (χ4n) is 4.55. The maximum atomic E-state index is 12.7. The van der Waals surface area contributed by atoms with E-state index in [1.165, 1.54) is 34.4 Å². The van der Waals surface area contributed by atoms with E-state index in [0.717, 1.165) is 68.2 Å². The molecule has 152 valence electrons. The van der Waals surface area contributed by atoms with Gasteiger partial charge in [0.05, 0.1) is 11.9 Å². The van der Waals surface area contributed by atoms with E-state index in [4.69, 9.17) is 4.98 Å². The highest BCUT2D eigenvalue weighted by Gasteiger charge is 2.21. The van der Waals surface area contributed by atoms with Crippen LogP contribution in [-0.2, 0) is 25.9 Å². The van der Waals surface area contributed by atoms with Crippen molar-refractivity contribution >= 4 is 21.6 Å². The van der Waals surface area contributed by atoms with Crippen LogP contribution in [0.1, 0.15) is 40.2 Å². The minimum Gasteiger partial charge on any atom is -0.309 e. The molecule has 3 heterocycles. The number of rotatable bonds is 4. The number of aryl methyl sites for hydroxylation is 3. The Morgan fingerprint density at radius 2 is 1.69 bits per heavy atom. The lowest BCUT2D eigenvalue weighted by Crippen LogP contribution is -2.45. The zero-order chi connectivity index (χ0) is 19.8. The number of nitrogens with one attached hydrogen (secondary N) is 1. The molecule has 1 aromatic carbocycles. The number of hydrogen-bond acceptors (Lipinski definition) is 5. The van der Waals surface area contributed by atoms with Crippen LogP contribution in [-0.4, -0.2) is 45.9 Å². The number of hydrogen-bond donors (Lipinski definition) is 1. The zero-order valence-corrected chi connectivity index (χ0v) is 17.9. The second-order valence-corrected chi connectivity index (χ2v) is 9.53. The van der Waals surface area contributed by atoms with E-state index in [9.17, 15) is 4.79 Å². The third-order valence-corrected chi connectivity index (χ3v) is 7.42. The van der Waals surface area contributed by atoms with Gasteiger partial charge in [-0.05, 0) is 43.7 Å². The Balaban J connectivity index is 1.24. The van der Waals surface area contributed by atoms with Crippen molar-refractivity contribution in [3.63, 3.8) is 0 Å². The first-order valence-electron chi connectivity index (χ1n) is 10.7. The standard InChI is InChI=1S/C23H28N4OS/c1-16-6-8-17(9-7-16)14-26-10-12-27(13-11-26)15-20-24-22(28)21-18-4-2-3-5-19(18)29-23(21)25-20/h6-9H,2-5,10-15H2,1H3,(H,24,25,28). The number of fused-ring (bicyclic) bond motifs is 3. The van der Waals surface area contributed by atoms with Crippen molar-refractivity contribution in [3.8, 4) is 0 Å². The van der Waals surface area contributed by atoms with E-state index in [1.807, 2.05) is 0 Å². The highest BCUT2D eigenvalue weighted by Crippen LogP contribution is 2.33. The number of H-pyrrole nitrogens is 1. The van der Waals surface area contributed by atoms with Gasteiger partial charge in [0.1, 0.15) is 10.7 Å². The summed E-state index contributed by atoms with van der Waals surface area (Å²) in [5, 5.41) is 0.858. The summed E-state index contributed by atoms with van der Waals surface area (Å²) in [6.07, 6.45) is 4.56. The van der Waals surface area contributed by atoms with Crippen molar-refractivity contribution < 1.29 is 0 Å². The number of benzene rings is 1. The molecule has 1 aliphatic heterocycles. The van der Waals surface area contributed by atoms with Crippen LogP contribution in [0.25, 0.3) is 10.2 Å². The lowest BCUT2D eigenvalue weighted by molar-refractivity contribution is 0.120. The summed E-state index contributed by atoms with van der Waals surface area (Å²) in [5.41, 5.74) is 4.01. The van der Waals surface area contributed by atoms with Crippen LogP contribution >= 0.6 is 11.3 Å². The van der Waals surface area contributed by atoms with Crippen LogP contribution in [0, 0.1) is 6.92 Å². The number of aromatic amines is 1. The molecule has 0 bridgehead atoms. The molecule has 5 rings (SSSR count). The zero-order valence-electron chi connectivity index (χ0n) is 17.0.